The maximum atomic E-state index is 11.0. The largest absolute Gasteiger partial charge is 0.481 e. The third-order valence-corrected chi connectivity index (χ3v) is 3.97. The third-order valence-electron chi connectivity index (χ3n) is 3.97. The first-order chi connectivity index (χ1) is 8.94. The van der Waals surface area contributed by atoms with E-state index in [0.29, 0.717) is 13.0 Å². The maximum absolute atomic E-state index is 11.0. The number of carboxylic acids is 1. The van der Waals surface area contributed by atoms with Crippen molar-refractivity contribution < 1.29 is 14.6 Å². The zero-order valence-corrected chi connectivity index (χ0v) is 11.6. The van der Waals surface area contributed by atoms with Gasteiger partial charge in [-0.3, -0.25) is 4.79 Å². The van der Waals surface area contributed by atoms with Crippen LogP contribution in [0.5, 0.6) is 0 Å². The highest BCUT2D eigenvalue weighted by Gasteiger charge is 2.30. The minimum Gasteiger partial charge on any atom is -0.481 e. The lowest BCUT2D eigenvalue weighted by Crippen LogP contribution is -2.20. The lowest BCUT2D eigenvalue weighted by Gasteiger charge is -2.24. The van der Waals surface area contributed by atoms with Gasteiger partial charge in [-0.25, -0.2) is 0 Å². The molecule has 4 nitrogen and oxygen atoms in total. The Morgan fingerprint density at radius 2 is 2.21 bits per heavy atom. The van der Waals surface area contributed by atoms with Crippen LogP contribution >= 0.6 is 0 Å². The molecule has 1 aromatic carbocycles. The molecule has 2 rings (SSSR count). The van der Waals surface area contributed by atoms with Crippen LogP contribution in [0.4, 0.5) is 0 Å². The maximum Gasteiger partial charge on any atom is 0.307 e. The van der Waals surface area contributed by atoms with Crippen LogP contribution < -0.4 is 5.32 Å². The summed E-state index contributed by atoms with van der Waals surface area (Å²) in [6, 6.07) is 8.30. The van der Waals surface area contributed by atoms with Crippen molar-refractivity contribution in [3.05, 3.63) is 35.4 Å². The molecule has 2 unspecified atom stereocenters. The van der Waals surface area contributed by atoms with Gasteiger partial charge >= 0.3 is 5.97 Å². The van der Waals surface area contributed by atoms with Crippen molar-refractivity contribution >= 4 is 5.97 Å². The summed E-state index contributed by atoms with van der Waals surface area (Å²) in [6.45, 7) is 4.58. The predicted molar refractivity (Wildman–Crippen MR) is 73.0 cm³/mol. The molecule has 19 heavy (non-hydrogen) atoms. The quantitative estimate of drug-likeness (QED) is 0.875. The summed E-state index contributed by atoms with van der Waals surface area (Å²) in [5, 5.41) is 12.3. The first-order valence-corrected chi connectivity index (χ1v) is 6.56. The van der Waals surface area contributed by atoms with Gasteiger partial charge in [0.1, 0.15) is 0 Å². The molecule has 2 N–H and O–H groups in total. The zero-order chi connectivity index (χ0) is 14.0. The Morgan fingerprint density at radius 3 is 2.79 bits per heavy atom. The molecule has 1 aliphatic heterocycles. The minimum absolute atomic E-state index is 0.119. The topological polar surface area (TPSA) is 58.6 Å². The van der Waals surface area contributed by atoms with Crippen molar-refractivity contribution in [1.82, 2.24) is 5.32 Å². The summed E-state index contributed by atoms with van der Waals surface area (Å²) in [6.07, 6.45) is 0.645. The number of hydrogen-bond donors (Lipinski definition) is 2. The van der Waals surface area contributed by atoms with Gasteiger partial charge in [-0.05, 0) is 31.4 Å². The van der Waals surface area contributed by atoms with E-state index in [9.17, 15) is 4.79 Å². The number of rotatable bonds is 4. The first kappa shape index (κ1) is 14.0. The van der Waals surface area contributed by atoms with Crippen LogP contribution in [0.2, 0.25) is 0 Å². The fourth-order valence-electron chi connectivity index (χ4n) is 2.43. The van der Waals surface area contributed by atoms with Gasteiger partial charge in [0.05, 0.1) is 11.5 Å². The van der Waals surface area contributed by atoms with E-state index in [1.807, 2.05) is 32.0 Å². The number of carboxylic acid groups (broad SMARTS) is 1. The molecule has 0 radical (unpaired) electrons. The monoisotopic (exact) mass is 263 g/mol. The van der Waals surface area contributed by atoms with Crippen LogP contribution in [0.1, 0.15) is 37.4 Å². The Hall–Kier alpha value is -1.39. The molecule has 1 fully saturated rings. The molecule has 104 valence electrons. The molecule has 0 amide bonds. The standard InChI is InChI=1S/C15H21NO3/c1-15(2,19-3)12-6-4-5-10(7-12)13-8-11(9-16-13)14(17)18/h4-7,11,13,16H,8-9H2,1-3H3,(H,17,18). The Balaban J connectivity index is 2.19. The summed E-state index contributed by atoms with van der Waals surface area (Å²) in [7, 11) is 1.70. The molecule has 0 bridgehead atoms. The van der Waals surface area contributed by atoms with Crippen molar-refractivity contribution in [3.63, 3.8) is 0 Å². The van der Waals surface area contributed by atoms with Gasteiger partial charge < -0.3 is 15.2 Å². The minimum atomic E-state index is -0.719. The van der Waals surface area contributed by atoms with Crippen molar-refractivity contribution in [1.29, 1.82) is 0 Å². The van der Waals surface area contributed by atoms with Crippen LogP contribution in [0.3, 0.4) is 0 Å². The number of nitrogens with one attached hydrogen (secondary N) is 1. The van der Waals surface area contributed by atoms with Crippen LogP contribution in [-0.2, 0) is 15.1 Å². The smallest absolute Gasteiger partial charge is 0.307 e. The lowest BCUT2D eigenvalue weighted by molar-refractivity contribution is -0.141. The van der Waals surface area contributed by atoms with Crippen molar-refractivity contribution in [2.24, 2.45) is 5.92 Å². The first-order valence-electron chi connectivity index (χ1n) is 6.56. The molecule has 4 heteroatoms. The molecule has 0 aliphatic carbocycles. The average molecular weight is 263 g/mol. The highest BCUT2D eigenvalue weighted by atomic mass is 16.5. The Bertz CT molecular complexity index is 470. The summed E-state index contributed by atoms with van der Waals surface area (Å²) in [5.74, 6) is -1.01. The van der Waals surface area contributed by atoms with Gasteiger partial charge in [0.25, 0.3) is 0 Å². The molecular formula is C15H21NO3. The number of ether oxygens (including phenoxy) is 1. The highest BCUT2D eigenvalue weighted by Crippen LogP contribution is 2.31. The predicted octanol–water partition coefficient (Wildman–Crippen LogP) is 2.30. The van der Waals surface area contributed by atoms with Crippen LogP contribution in [0.15, 0.2) is 24.3 Å². The second-order valence-electron chi connectivity index (χ2n) is 5.57. The number of benzene rings is 1. The number of aliphatic carboxylic acids is 1. The molecule has 0 spiro atoms. The van der Waals surface area contributed by atoms with Crippen molar-refractivity contribution in [3.8, 4) is 0 Å². The van der Waals surface area contributed by atoms with Gasteiger partial charge in [-0.2, -0.15) is 0 Å². The SMILES string of the molecule is COC(C)(C)c1cccc(C2CC(C(=O)O)CN2)c1. The van der Waals surface area contributed by atoms with Crippen molar-refractivity contribution in [2.75, 3.05) is 13.7 Å². The fourth-order valence-corrected chi connectivity index (χ4v) is 2.43. The Labute approximate surface area is 113 Å². The molecular weight excluding hydrogens is 242 g/mol. The third kappa shape index (κ3) is 2.96. The summed E-state index contributed by atoms with van der Waals surface area (Å²) in [4.78, 5) is 11.0. The Kier molecular flexibility index (Phi) is 3.92. The van der Waals surface area contributed by atoms with Gasteiger partial charge in [-0.15, -0.1) is 0 Å². The number of carbonyl (C=O) groups is 1. The van der Waals surface area contributed by atoms with E-state index in [1.54, 1.807) is 7.11 Å². The van der Waals surface area contributed by atoms with Crippen molar-refractivity contribution in [2.45, 2.75) is 31.9 Å². The lowest BCUT2D eigenvalue weighted by atomic mass is 9.93. The van der Waals surface area contributed by atoms with E-state index in [0.717, 1.165) is 11.1 Å². The molecule has 1 saturated heterocycles. The second kappa shape index (κ2) is 5.31. The summed E-state index contributed by atoms with van der Waals surface area (Å²) >= 11 is 0. The van der Waals surface area contributed by atoms with Gasteiger partial charge in [0.2, 0.25) is 0 Å². The fraction of sp³-hybridized carbons (Fsp3) is 0.533. The molecule has 2 atom stereocenters. The average Bonchev–Trinajstić information content (AvgIpc) is 2.89. The molecule has 0 aromatic heterocycles. The van der Waals surface area contributed by atoms with Crippen LogP contribution in [0.25, 0.3) is 0 Å². The van der Waals surface area contributed by atoms with Crippen LogP contribution in [-0.4, -0.2) is 24.7 Å². The van der Waals surface area contributed by atoms with E-state index >= 15 is 0 Å². The second-order valence-corrected chi connectivity index (χ2v) is 5.57. The normalized spacial score (nSPS) is 23.5. The highest BCUT2D eigenvalue weighted by molar-refractivity contribution is 5.70. The number of methoxy groups -OCH3 is 1. The van der Waals surface area contributed by atoms with Gasteiger partial charge in [0.15, 0.2) is 0 Å². The van der Waals surface area contributed by atoms with Gasteiger partial charge in [0, 0.05) is 19.7 Å². The number of hydrogen-bond acceptors (Lipinski definition) is 3. The van der Waals surface area contributed by atoms with E-state index in [-0.39, 0.29) is 17.6 Å². The molecule has 0 saturated carbocycles. The summed E-state index contributed by atoms with van der Waals surface area (Å²) < 4.78 is 5.49. The summed E-state index contributed by atoms with van der Waals surface area (Å²) in [5.41, 5.74) is 1.90. The molecule has 1 aromatic rings. The van der Waals surface area contributed by atoms with E-state index in [2.05, 4.69) is 11.4 Å². The van der Waals surface area contributed by atoms with E-state index < -0.39 is 5.97 Å². The van der Waals surface area contributed by atoms with Crippen LogP contribution in [0, 0.1) is 5.92 Å². The molecule has 1 aliphatic rings. The molecule has 1 heterocycles. The van der Waals surface area contributed by atoms with E-state index in [1.165, 1.54) is 0 Å². The Morgan fingerprint density at radius 1 is 1.47 bits per heavy atom. The zero-order valence-electron chi connectivity index (χ0n) is 11.6. The van der Waals surface area contributed by atoms with Gasteiger partial charge in [-0.1, -0.05) is 24.3 Å². The van der Waals surface area contributed by atoms with E-state index in [4.69, 9.17) is 9.84 Å².